The molecule has 0 aliphatic carbocycles. The summed E-state index contributed by atoms with van der Waals surface area (Å²) in [6, 6.07) is 6.70. The fourth-order valence-corrected chi connectivity index (χ4v) is 2.41. The van der Waals surface area contributed by atoms with Crippen LogP contribution >= 0.6 is 0 Å². The summed E-state index contributed by atoms with van der Waals surface area (Å²) in [4.78, 5) is 4.23. The van der Waals surface area contributed by atoms with Crippen LogP contribution in [0.2, 0.25) is 0 Å². The molecule has 0 radical (unpaired) electrons. The van der Waals surface area contributed by atoms with E-state index < -0.39 is 0 Å². The van der Waals surface area contributed by atoms with Crippen LogP contribution in [0.5, 0.6) is 0 Å². The minimum Gasteiger partial charge on any atom is -0.269 e. The third kappa shape index (κ3) is 5.11. The van der Waals surface area contributed by atoms with Gasteiger partial charge < -0.3 is 0 Å². The number of nitriles is 1. The zero-order chi connectivity index (χ0) is 16.5. The van der Waals surface area contributed by atoms with E-state index in [0.717, 1.165) is 19.3 Å². The summed E-state index contributed by atoms with van der Waals surface area (Å²) in [5, 5.41) is 8.80. The maximum Gasteiger partial charge on any atom is 0.127 e. The first-order valence-electron chi connectivity index (χ1n) is 7.89. The van der Waals surface area contributed by atoms with Crippen LogP contribution < -0.4 is 0 Å². The van der Waals surface area contributed by atoms with Crippen LogP contribution in [0.4, 0.5) is 4.39 Å². The molecule has 1 rings (SSSR count). The molecule has 2 nitrogen and oxygen atoms in total. The quantitative estimate of drug-likeness (QED) is 0.603. The van der Waals surface area contributed by atoms with Crippen molar-refractivity contribution >= 4 is 6.21 Å². The normalized spacial score (nSPS) is 14.8. The van der Waals surface area contributed by atoms with Gasteiger partial charge in [0.25, 0.3) is 0 Å². The predicted molar refractivity (Wildman–Crippen MR) is 90.5 cm³/mol. The van der Waals surface area contributed by atoms with Crippen LogP contribution in [0, 0.1) is 23.1 Å². The van der Waals surface area contributed by atoms with Crippen molar-refractivity contribution in [3.8, 4) is 6.07 Å². The van der Waals surface area contributed by atoms with Crippen LogP contribution in [0.15, 0.2) is 35.0 Å². The fraction of sp³-hybridized carbons (Fsp3) is 0.474. The summed E-state index contributed by atoms with van der Waals surface area (Å²) in [6.07, 6.45) is 6.58. The third-order valence-corrected chi connectivity index (χ3v) is 4.16. The van der Waals surface area contributed by atoms with Crippen molar-refractivity contribution in [1.29, 1.82) is 5.26 Å². The summed E-state index contributed by atoms with van der Waals surface area (Å²) in [5.74, 6) is 0.319. The van der Waals surface area contributed by atoms with Gasteiger partial charge in [0.1, 0.15) is 5.82 Å². The Labute approximate surface area is 133 Å². The van der Waals surface area contributed by atoms with Crippen molar-refractivity contribution < 1.29 is 4.39 Å². The van der Waals surface area contributed by atoms with Crippen molar-refractivity contribution in [3.05, 3.63) is 46.9 Å². The van der Waals surface area contributed by atoms with E-state index in [-0.39, 0.29) is 11.7 Å². The highest BCUT2D eigenvalue weighted by atomic mass is 19.1. The molecule has 0 N–H and O–H groups in total. The van der Waals surface area contributed by atoms with Crippen LogP contribution in [0.3, 0.4) is 0 Å². The number of benzene rings is 1. The Bertz CT molecular complexity index is 582. The monoisotopic (exact) mass is 300 g/mol. The molecule has 0 amide bonds. The Balaban J connectivity index is 2.79. The zero-order valence-corrected chi connectivity index (χ0v) is 13.9. The number of halogens is 1. The summed E-state index contributed by atoms with van der Waals surface area (Å²) >= 11 is 0. The van der Waals surface area contributed by atoms with Crippen LogP contribution in [-0.2, 0) is 0 Å². The van der Waals surface area contributed by atoms with Gasteiger partial charge in [-0.1, -0.05) is 26.8 Å². The van der Waals surface area contributed by atoms with Gasteiger partial charge in [0, 0.05) is 12.4 Å². The molecule has 0 saturated heterocycles. The average Bonchev–Trinajstić information content (AvgIpc) is 2.53. The lowest BCUT2D eigenvalue weighted by atomic mass is 9.89. The molecule has 1 aromatic carbocycles. The number of hydrogen-bond acceptors (Lipinski definition) is 2. The molecule has 0 saturated carbocycles. The molecule has 0 spiro atoms. The van der Waals surface area contributed by atoms with E-state index in [1.807, 2.05) is 26.1 Å². The van der Waals surface area contributed by atoms with E-state index in [1.54, 1.807) is 18.3 Å². The van der Waals surface area contributed by atoms with Gasteiger partial charge in [0.2, 0.25) is 0 Å². The Hall–Kier alpha value is -1.95. The molecular formula is C19H25FN2. The molecule has 0 aliphatic rings. The van der Waals surface area contributed by atoms with Gasteiger partial charge >= 0.3 is 0 Å². The molecule has 0 heterocycles. The standard InChI is InChI=1S/C19H25FN2/c1-5-14(3)17(13-22-6-2)9-7-15(4)18-10-8-16(12-21)11-19(18)20/h6,8,10-11,13-15H,5,7,9H2,1-4H3/b17-13-,22-6?/t14?,15-/m1/s1. The highest BCUT2D eigenvalue weighted by Gasteiger charge is 2.14. The second-order valence-corrected chi connectivity index (χ2v) is 5.71. The van der Waals surface area contributed by atoms with Gasteiger partial charge in [-0.05, 0) is 61.3 Å². The second-order valence-electron chi connectivity index (χ2n) is 5.71. The lowest BCUT2D eigenvalue weighted by molar-refractivity contribution is 0.551. The SMILES string of the molecule is CC=N/C=C(/CC[C@@H](C)c1ccc(C#N)cc1F)C(C)CC. The minimum atomic E-state index is -0.285. The predicted octanol–water partition coefficient (Wildman–Crippen LogP) is 5.60. The van der Waals surface area contributed by atoms with Gasteiger partial charge in [-0.15, -0.1) is 0 Å². The van der Waals surface area contributed by atoms with Gasteiger partial charge in [0.15, 0.2) is 0 Å². The molecule has 0 aromatic heterocycles. The Kier molecular flexibility index (Phi) is 7.52. The van der Waals surface area contributed by atoms with E-state index in [1.165, 1.54) is 11.6 Å². The number of rotatable bonds is 7. The molecular weight excluding hydrogens is 275 g/mol. The maximum atomic E-state index is 14.1. The largest absolute Gasteiger partial charge is 0.269 e. The lowest BCUT2D eigenvalue weighted by Crippen LogP contribution is -2.03. The van der Waals surface area contributed by atoms with Crippen molar-refractivity contribution in [2.75, 3.05) is 0 Å². The molecule has 1 aromatic rings. The first-order valence-corrected chi connectivity index (χ1v) is 7.89. The Morgan fingerprint density at radius 1 is 1.41 bits per heavy atom. The number of aliphatic imine (C=N–C) groups is 1. The van der Waals surface area contributed by atoms with E-state index >= 15 is 0 Å². The topological polar surface area (TPSA) is 36.1 Å². The second kappa shape index (κ2) is 9.15. The zero-order valence-electron chi connectivity index (χ0n) is 13.9. The summed E-state index contributed by atoms with van der Waals surface area (Å²) in [6.45, 7) is 8.29. The van der Waals surface area contributed by atoms with E-state index in [9.17, 15) is 4.39 Å². The van der Waals surface area contributed by atoms with Gasteiger partial charge in [-0.2, -0.15) is 5.26 Å². The molecule has 22 heavy (non-hydrogen) atoms. The number of nitrogens with zero attached hydrogens (tertiary/aromatic N) is 2. The molecule has 0 fully saturated rings. The Morgan fingerprint density at radius 2 is 2.14 bits per heavy atom. The fourth-order valence-electron chi connectivity index (χ4n) is 2.41. The van der Waals surface area contributed by atoms with Crippen molar-refractivity contribution in [2.45, 2.75) is 52.9 Å². The smallest absolute Gasteiger partial charge is 0.127 e. The molecule has 3 heteroatoms. The lowest BCUT2D eigenvalue weighted by Gasteiger charge is -2.17. The molecule has 1 unspecified atom stereocenters. The first kappa shape index (κ1) is 18.1. The van der Waals surface area contributed by atoms with Crippen molar-refractivity contribution in [3.63, 3.8) is 0 Å². The molecule has 2 atom stereocenters. The minimum absolute atomic E-state index is 0.116. The molecule has 0 bridgehead atoms. The van der Waals surface area contributed by atoms with Crippen LogP contribution in [0.1, 0.15) is 64.0 Å². The number of allylic oxidation sites excluding steroid dienone is 1. The van der Waals surface area contributed by atoms with Crippen molar-refractivity contribution in [2.24, 2.45) is 10.9 Å². The van der Waals surface area contributed by atoms with E-state index in [2.05, 4.69) is 18.8 Å². The summed E-state index contributed by atoms with van der Waals surface area (Å²) in [7, 11) is 0. The van der Waals surface area contributed by atoms with Crippen LogP contribution in [0.25, 0.3) is 0 Å². The first-order chi connectivity index (χ1) is 10.5. The summed E-state index contributed by atoms with van der Waals surface area (Å²) < 4.78 is 14.1. The van der Waals surface area contributed by atoms with Gasteiger partial charge in [-0.25, -0.2) is 4.39 Å². The Morgan fingerprint density at radius 3 is 2.68 bits per heavy atom. The van der Waals surface area contributed by atoms with E-state index in [4.69, 9.17) is 5.26 Å². The number of hydrogen-bond donors (Lipinski definition) is 0. The highest BCUT2D eigenvalue weighted by molar-refractivity contribution is 5.54. The van der Waals surface area contributed by atoms with Gasteiger partial charge in [0.05, 0.1) is 11.6 Å². The highest BCUT2D eigenvalue weighted by Crippen LogP contribution is 2.28. The maximum absolute atomic E-state index is 14.1. The summed E-state index contributed by atoms with van der Waals surface area (Å²) in [5.41, 5.74) is 2.36. The van der Waals surface area contributed by atoms with Gasteiger partial charge in [-0.3, -0.25) is 4.99 Å². The average molecular weight is 300 g/mol. The third-order valence-electron chi connectivity index (χ3n) is 4.16. The van der Waals surface area contributed by atoms with Crippen molar-refractivity contribution in [1.82, 2.24) is 0 Å². The molecule has 118 valence electrons. The van der Waals surface area contributed by atoms with Crippen LogP contribution in [-0.4, -0.2) is 6.21 Å². The molecule has 0 aliphatic heterocycles. The van der Waals surface area contributed by atoms with E-state index in [0.29, 0.717) is 17.0 Å².